The average Bonchev–Trinajstić information content (AvgIpc) is 3.17. The van der Waals surface area contributed by atoms with Gasteiger partial charge in [-0.1, -0.05) is 12.1 Å². The van der Waals surface area contributed by atoms with Crippen molar-refractivity contribution in [1.29, 1.82) is 0 Å². The van der Waals surface area contributed by atoms with Gasteiger partial charge in [0.05, 0.1) is 0 Å². The van der Waals surface area contributed by atoms with E-state index in [0.717, 1.165) is 25.3 Å². The number of aromatic nitrogens is 2. The molecule has 4 heteroatoms. The van der Waals surface area contributed by atoms with Gasteiger partial charge in [0.1, 0.15) is 11.6 Å². The quantitative estimate of drug-likeness (QED) is 0.862. The number of halogens is 1. The van der Waals surface area contributed by atoms with E-state index < -0.39 is 0 Å². The van der Waals surface area contributed by atoms with Gasteiger partial charge >= 0.3 is 0 Å². The van der Waals surface area contributed by atoms with Crippen LogP contribution in [0.3, 0.4) is 0 Å². The molecule has 0 amide bonds. The molecule has 0 saturated carbocycles. The van der Waals surface area contributed by atoms with E-state index in [2.05, 4.69) is 20.6 Å². The van der Waals surface area contributed by atoms with Gasteiger partial charge in [0.2, 0.25) is 0 Å². The molecule has 1 aromatic carbocycles. The molecule has 4 rings (SSSR count). The summed E-state index contributed by atoms with van der Waals surface area (Å²) in [5.41, 5.74) is 1.27. The second-order valence-electron chi connectivity index (χ2n) is 7.02. The summed E-state index contributed by atoms with van der Waals surface area (Å²) < 4.78 is 15.3. The molecular formula is C19H24FN3. The molecule has 0 radical (unpaired) electrons. The zero-order valence-electron chi connectivity index (χ0n) is 13.5. The SMILES string of the molecule is Fc1ccc(CC2CCN(C[C@@H]3CCc4nccn43)CC2)cc1. The van der Waals surface area contributed by atoms with Crippen molar-refractivity contribution < 1.29 is 4.39 Å². The van der Waals surface area contributed by atoms with Crippen LogP contribution in [0.4, 0.5) is 4.39 Å². The number of aryl methyl sites for hydroxylation is 1. The minimum atomic E-state index is -0.140. The highest BCUT2D eigenvalue weighted by molar-refractivity contribution is 5.16. The predicted molar refractivity (Wildman–Crippen MR) is 88.9 cm³/mol. The Morgan fingerprint density at radius 2 is 1.87 bits per heavy atom. The van der Waals surface area contributed by atoms with Crippen LogP contribution in [-0.2, 0) is 12.8 Å². The van der Waals surface area contributed by atoms with Crippen LogP contribution in [0.15, 0.2) is 36.7 Å². The summed E-state index contributed by atoms with van der Waals surface area (Å²) in [7, 11) is 0. The van der Waals surface area contributed by atoms with E-state index in [9.17, 15) is 4.39 Å². The van der Waals surface area contributed by atoms with Crippen molar-refractivity contribution in [3.63, 3.8) is 0 Å². The van der Waals surface area contributed by atoms with Gasteiger partial charge in [0, 0.05) is 31.4 Å². The monoisotopic (exact) mass is 313 g/mol. The molecule has 2 aromatic rings. The first kappa shape index (κ1) is 14.9. The van der Waals surface area contributed by atoms with Crippen LogP contribution in [-0.4, -0.2) is 34.1 Å². The lowest BCUT2D eigenvalue weighted by atomic mass is 9.90. The van der Waals surface area contributed by atoms with Crippen molar-refractivity contribution in [2.75, 3.05) is 19.6 Å². The normalized spacial score (nSPS) is 22.4. The molecule has 1 fully saturated rings. The van der Waals surface area contributed by atoms with E-state index >= 15 is 0 Å². The average molecular weight is 313 g/mol. The first-order valence-electron chi connectivity index (χ1n) is 8.76. The summed E-state index contributed by atoms with van der Waals surface area (Å²) in [6, 6.07) is 7.63. The molecule has 1 aromatic heterocycles. The number of rotatable bonds is 4. The van der Waals surface area contributed by atoms with Crippen LogP contribution in [0.25, 0.3) is 0 Å². The van der Waals surface area contributed by atoms with E-state index in [1.54, 1.807) is 12.1 Å². The third-order valence-electron chi connectivity index (χ3n) is 5.46. The van der Waals surface area contributed by atoms with Gasteiger partial charge in [0.15, 0.2) is 0 Å². The molecule has 23 heavy (non-hydrogen) atoms. The fraction of sp³-hybridized carbons (Fsp3) is 0.526. The van der Waals surface area contributed by atoms with Gasteiger partial charge in [0.25, 0.3) is 0 Å². The van der Waals surface area contributed by atoms with E-state index in [-0.39, 0.29) is 5.82 Å². The number of hydrogen-bond donors (Lipinski definition) is 0. The molecule has 3 nitrogen and oxygen atoms in total. The maximum absolute atomic E-state index is 13.0. The number of imidazole rings is 1. The summed E-state index contributed by atoms with van der Waals surface area (Å²) in [5.74, 6) is 1.85. The first-order chi connectivity index (χ1) is 11.3. The van der Waals surface area contributed by atoms with Crippen LogP contribution in [0, 0.1) is 11.7 Å². The third kappa shape index (κ3) is 3.32. The molecule has 2 aliphatic rings. The van der Waals surface area contributed by atoms with Crippen molar-refractivity contribution in [3.8, 4) is 0 Å². The smallest absolute Gasteiger partial charge is 0.123 e. The maximum atomic E-state index is 13.0. The number of likely N-dealkylation sites (tertiary alicyclic amines) is 1. The molecule has 0 bridgehead atoms. The summed E-state index contributed by atoms with van der Waals surface area (Å²) in [6.07, 6.45) is 10.0. The molecule has 1 atom stereocenters. The largest absolute Gasteiger partial charge is 0.331 e. The molecule has 3 heterocycles. The minimum absolute atomic E-state index is 0.140. The lowest BCUT2D eigenvalue weighted by Gasteiger charge is -2.34. The molecule has 2 aliphatic heterocycles. The lowest BCUT2D eigenvalue weighted by Crippen LogP contribution is -2.37. The van der Waals surface area contributed by atoms with Gasteiger partial charge in [-0.05, 0) is 62.4 Å². The highest BCUT2D eigenvalue weighted by Gasteiger charge is 2.26. The molecule has 0 aliphatic carbocycles. The number of fused-ring (bicyclic) bond motifs is 1. The summed E-state index contributed by atoms with van der Waals surface area (Å²) in [6.45, 7) is 3.53. The van der Waals surface area contributed by atoms with E-state index in [0.29, 0.717) is 6.04 Å². The summed E-state index contributed by atoms with van der Waals surface area (Å²) in [4.78, 5) is 7.03. The number of benzene rings is 1. The highest BCUT2D eigenvalue weighted by atomic mass is 19.1. The van der Waals surface area contributed by atoms with E-state index in [1.165, 1.54) is 43.7 Å². The predicted octanol–water partition coefficient (Wildman–Crippen LogP) is 3.46. The molecule has 0 N–H and O–H groups in total. The highest BCUT2D eigenvalue weighted by Crippen LogP contribution is 2.28. The van der Waals surface area contributed by atoms with Gasteiger partial charge in [-0.25, -0.2) is 9.37 Å². The van der Waals surface area contributed by atoms with Crippen molar-refractivity contribution >= 4 is 0 Å². The molecule has 122 valence electrons. The topological polar surface area (TPSA) is 21.1 Å². The van der Waals surface area contributed by atoms with Crippen LogP contribution in [0.5, 0.6) is 0 Å². The Hall–Kier alpha value is -1.68. The Kier molecular flexibility index (Phi) is 4.17. The molecular weight excluding hydrogens is 289 g/mol. The Balaban J connectivity index is 1.27. The van der Waals surface area contributed by atoms with E-state index in [4.69, 9.17) is 0 Å². The first-order valence-corrected chi connectivity index (χ1v) is 8.76. The second-order valence-corrected chi connectivity index (χ2v) is 7.02. The minimum Gasteiger partial charge on any atom is -0.331 e. The second kappa shape index (κ2) is 6.44. The molecule has 0 spiro atoms. The number of nitrogens with zero attached hydrogens (tertiary/aromatic N) is 3. The van der Waals surface area contributed by atoms with Crippen LogP contribution in [0.2, 0.25) is 0 Å². The van der Waals surface area contributed by atoms with E-state index in [1.807, 2.05) is 18.3 Å². The van der Waals surface area contributed by atoms with Crippen molar-refractivity contribution in [2.45, 2.75) is 38.1 Å². The van der Waals surface area contributed by atoms with Crippen molar-refractivity contribution in [3.05, 3.63) is 53.9 Å². The van der Waals surface area contributed by atoms with Gasteiger partial charge in [-0.2, -0.15) is 0 Å². The number of piperidine rings is 1. The van der Waals surface area contributed by atoms with Crippen molar-refractivity contribution in [2.24, 2.45) is 5.92 Å². The van der Waals surface area contributed by atoms with Crippen LogP contribution in [0.1, 0.15) is 36.7 Å². The Bertz CT molecular complexity index is 641. The van der Waals surface area contributed by atoms with Gasteiger partial charge in [-0.15, -0.1) is 0 Å². The standard InChI is InChI=1S/C19H24FN3/c20-17-3-1-15(2-4-17)13-16-7-10-22(11-8-16)14-18-5-6-19-21-9-12-23(18)19/h1-4,9,12,16,18H,5-8,10-11,13-14H2/t18-/m0/s1. The lowest BCUT2D eigenvalue weighted by molar-refractivity contribution is 0.163. The Morgan fingerprint density at radius 3 is 2.65 bits per heavy atom. The third-order valence-corrected chi connectivity index (χ3v) is 5.46. The fourth-order valence-electron chi connectivity index (χ4n) is 4.11. The van der Waals surface area contributed by atoms with Gasteiger partial charge < -0.3 is 9.47 Å². The van der Waals surface area contributed by atoms with Gasteiger partial charge in [-0.3, -0.25) is 0 Å². The zero-order valence-corrected chi connectivity index (χ0v) is 13.5. The number of hydrogen-bond acceptors (Lipinski definition) is 2. The zero-order chi connectivity index (χ0) is 15.6. The Labute approximate surface area is 137 Å². The molecule has 0 unspecified atom stereocenters. The van der Waals surface area contributed by atoms with Crippen molar-refractivity contribution in [1.82, 2.24) is 14.5 Å². The fourth-order valence-corrected chi connectivity index (χ4v) is 4.11. The van der Waals surface area contributed by atoms with Crippen LogP contribution >= 0.6 is 0 Å². The maximum Gasteiger partial charge on any atom is 0.123 e. The molecule has 1 saturated heterocycles. The van der Waals surface area contributed by atoms with Crippen LogP contribution < -0.4 is 0 Å². The Morgan fingerprint density at radius 1 is 1.09 bits per heavy atom. The summed E-state index contributed by atoms with van der Waals surface area (Å²) in [5, 5.41) is 0. The summed E-state index contributed by atoms with van der Waals surface area (Å²) >= 11 is 0.